The number of hydrogen-bond acceptors (Lipinski definition) is 9. The van der Waals surface area contributed by atoms with Gasteiger partial charge in [-0.3, -0.25) is 0 Å². The SMILES string of the molecule is CN1CC[C@H](Nc2ncc(CNc3ncc(N)c(-c4c[nH]c5ncc(C(F)(F)F)cc45)n3)cn2)C1. The smallest absolute Gasteiger partial charge is 0.396 e. The number of H-pyrrole nitrogens is 1. The molecule has 4 aromatic heterocycles. The maximum Gasteiger partial charge on any atom is 0.417 e. The van der Waals surface area contributed by atoms with Gasteiger partial charge in [-0.25, -0.2) is 24.9 Å². The Hall–Kier alpha value is -4.00. The van der Waals surface area contributed by atoms with Crippen molar-refractivity contribution in [2.75, 3.05) is 36.5 Å². The van der Waals surface area contributed by atoms with Crippen LogP contribution in [0.2, 0.25) is 0 Å². The highest BCUT2D eigenvalue weighted by molar-refractivity contribution is 5.95. The molecular formula is C22H23F3N10. The molecule has 1 fully saturated rings. The molecule has 5 N–H and O–H groups in total. The maximum absolute atomic E-state index is 13.2. The Morgan fingerprint density at radius 2 is 1.89 bits per heavy atom. The quantitative estimate of drug-likeness (QED) is 0.326. The van der Waals surface area contributed by atoms with E-state index in [0.29, 0.717) is 35.4 Å². The maximum atomic E-state index is 13.2. The summed E-state index contributed by atoms with van der Waals surface area (Å²) < 4.78 is 39.5. The number of nitrogens with zero attached hydrogens (tertiary/aromatic N) is 6. The van der Waals surface area contributed by atoms with Crippen molar-refractivity contribution in [3.05, 3.63) is 48.2 Å². The van der Waals surface area contributed by atoms with Crippen molar-refractivity contribution in [3.63, 3.8) is 0 Å². The second kappa shape index (κ2) is 8.98. The highest BCUT2D eigenvalue weighted by atomic mass is 19.4. The van der Waals surface area contributed by atoms with Crippen molar-refractivity contribution < 1.29 is 13.2 Å². The molecule has 10 nitrogen and oxygen atoms in total. The highest BCUT2D eigenvalue weighted by Gasteiger charge is 2.31. The van der Waals surface area contributed by atoms with E-state index in [4.69, 9.17) is 5.73 Å². The molecule has 1 saturated heterocycles. The van der Waals surface area contributed by atoms with E-state index >= 15 is 0 Å². The number of alkyl halides is 3. The first-order valence-corrected chi connectivity index (χ1v) is 10.9. The molecule has 0 bridgehead atoms. The third-order valence-electron chi connectivity index (χ3n) is 5.81. The molecule has 0 amide bonds. The van der Waals surface area contributed by atoms with Crippen LogP contribution in [0.1, 0.15) is 17.5 Å². The molecule has 0 aliphatic carbocycles. The van der Waals surface area contributed by atoms with Gasteiger partial charge < -0.3 is 26.3 Å². The Bertz CT molecular complexity index is 1340. The Balaban J connectivity index is 1.31. The molecule has 1 aliphatic heterocycles. The summed E-state index contributed by atoms with van der Waals surface area (Å²) in [7, 11) is 2.08. The number of aromatic nitrogens is 6. The number of aromatic amines is 1. The van der Waals surface area contributed by atoms with Crippen LogP contribution in [0.15, 0.2) is 37.1 Å². The number of anilines is 3. The van der Waals surface area contributed by atoms with Crippen LogP contribution in [0.5, 0.6) is 0 Å². The molecule has 0 unspecified atom stereocenters. The van der Waals surface area contributed by atoms with E-state index in [2.05, 4.69) is 52.5 Å². The number of halogens is 3. The Morgan fingerprint density at radius 1 is 1.11 bits per heavy atom. The van der Waals surface area contributed by atoms with Gasteiger partial charge in [0.2, 0.25) is 11.9 Å². The molecular weight excluding hydrogens is 461 g/mol. The zero-order chi connectivity index (χ0) is 24.6. The van der Waals surface area contributed by atoms with Crippen LogP contribution in [0.4, 0.5) is 30.8 Å². The topological polar surface area (TPSA) is 134 Å². The average molecular weight is 484 g/mol. The Kier molecular flexibility index (Phi) is 5.84. The van der Waals surface area contributed by atoms with Gasteiger partial charge in [0.25, 0.3) is 0 Å². The minimum absolute atomic E-state index is 0.227. The number of fused-ring (bicyclic) bond motifs is 1. The van der Waals surface area contributed by atoms with Crippen LogP contribution in [0.25, 0.3) is 22.3 Å². The van der Waals surface area contributed by atoms with Crippen molar-refractivity contribution in [1.29, 1.82) is 0 Å². The number of nitrogen functional groups attached to an aromatic ring is 1. The summed E-state index contributed by atoms with van der Waals surface area (Å²) in [6, 6.07) is 1.36. The van der Waals surface area contributed by atoms with Gasteiger partial charge in [0.1, 0.15) is 11.3 Å². The van der Waals surface area contributed by atoms with Crippen LogP contribution < -0.4 is 16.4 Å². The standard InChI is InChI=1S/C22H23F3N10/c1-35-3-2-14(11-35)33-20-29-5-12(6-30-20)7-31-21-32-10-17(26)18(34-21)16-9-28-19-15(16)4-13(8-27-19)22(23,24)25/h4-6,8-10,14H,2-3,7,11,26H2,1H3,(H,27,28)(H,29,30,33)(H,31,32,34)/t14-/m0/s1. The van der Waals surface area contributed by atoms with E-state index in [1.165, 1.54) is 12.4 Å². The molecule has 13 heteroatoms. The lowest BCUT2D eigenvalue weighted by Crippen LogP contribution is -2.24. The molecule has 35 heavy (non-hydrogen) atoms. The molecule has 182 valence electrons. The second-order valence-corrected chi connectivity index (χ2v) is 8.48. The minimum Gasteiger partial charge on any atom is -0.396 e. The fourth-order valence-corrected chi connectivity index (χ4v) is 3.98. The van der Waals surface area contributed by atoms with Gasteiger partial charge in [-0.1, -0.05) is 0 Å². The highest BCUT2D eigenvalue weighted by Crippen LogP contribution is 2.35. The number of rotatable bonds is 6. The molecule has 4 aromatic rings. The lowest BCUT2D eigenvalue weighted by atomic mass is 10.1. The molecule has 1 aliphatic rings. The average Bonchev–Trinajstić information content (AvgIpc) is 3.44. The first-order valence-electron chi connectivity index (χ1n) is 10.9. The van der Waals surface area contributed by atoms with Crippen molar-refractivity contribution in [3.8, 4) is 11.3 Å². The summed E-state index contributed by atoms with van der Waals surface area (Å²) >= 11 is 0. The fraction of sp³-hybridized carbons (Fsp3) is 0.318. The summed E-state index contributed by atoms with van der Waals surface area (Å²) in [6.45, 7) is 2.35. The van der Waals surface area contributed by atoms with Crippen LogP contribution >= 0.6 is 0 Å². The van der Waals surface area contributed by atoms with E-state index in [0.717, 1.165) is 37.3 Å². The van der Waals surface area contributed by atoms with Crippen molar-refractivity contribution in [2.24, 2.45) is 0 Å². The molecule has 0 saturated carbocycles. The number of nitrogens with one attached hydrogen (secondary N) is 3. The van der Waals surface area contributed by atoms with Crippen molar-refractivity contribution in [2.45, 2.75) is 25.2 Å². The zero-order valence-corrected chi connectivity index (χ0v) is 18.8. The first kappa shape index (κ1) is 22.8. The first-order chi connectivity index (χ1) is 16.8. The third-order valence-corrected chi connectivity index (χ3v) is 5.81. The number of pyridine rings is 1. The lowest BCUT2D eigenvalue weighted by Gasteiger charge is -2.13. The van der Waals surface area contributed by atoms with E-state index in [1.807, 2.05) is 0 Å². The van der Waals surface area contributed by atoms with Gasteiger partial charge in [0.15, 0.2) is 0 Å². The van der Waals surface area contributed by atoms with Crippen LogP contribution in [-0.2, 0) is 12.7 Å². The number of likely N-dealkylation sites (N-methyl/N-ethyl adjacent to an activating group) is 1. The second-order valence-electron chi connectivity index (χ2n) is 8.48. The van der Waals surface area contributed by atoms with Gasteiger partial charge >= 0.3 is 6.18 Å². The molecule has 0 radical (unpaired) electrons. The molecule has 0 aromatic carbocycles. The van der Waals surface area contributed by atoms with E-state index < -0.39 is 11.7 Å². The Morgan fingerprint density at radius 3 is 2.60 bits per heavy atom. The van der Waals surface area contributed by atoms with E-state index in [9.17, 15) is 13.2 Å². The number of nitrogens with two attached hydrogens (primary N) is 1. The summed E-state index contributed by atoms with van der Waals surface area (Å²) in [5.74, 6) is 0.839. The summed E-state index contributed by atoms with van der Waals surface area (Å²) in [6.07, 6.45) is 3.68. The predicted octanol–water partition coefficient (Wildman–Crippen LogP) is 3.14. The third kappa shape index (κ3) is 4.94. The van der Waals surface area contributed by atoms with Crippen molar-refractivity contribution in [1.82, 2.24) is 34.8 Å². The Labute approximate surface area is 198 Å². The largest absolute Gasteiger partial charge is 0.417 e. The predicted molar refractivity (Wildman–Crippen MR) is 125 cm³/mol. The number of likely N-dealkylation sites (tertiary alicyclic amines) is 1. The molecule has 5 heterocycles. The van der Waals surface area contributed by atoms with E-state index in [-0.39, 0.29) is 17.0 Å². The minimum atomic E-state index is -4.51. The lowest BCUT2D eigenvalue weighted by molar-refractivity contribution is -0.137. The summed E-state index contributed by atoms with van der Waals surface area (Å²) in [4.78, 5) is 26.3. The van der Waals surface area contributed by atoms with Gasteiger partial charge in [-0.2, -0.15) is 13.2 Å². The van der Waals surface area contributed by atoms with Crippen molar-refractivity contribution >= 4 is 28.6 Å². The van der Waals surface area contributed by atoms with Crippen LogP contribution in [0.3, 0.4) is 0 Å². The molecule has 1 atom stereocenters. The van der Waals surface area contributed by atoms with Gasteiger partial charge in [0.05, 0.1) is 17.4 Å². The number of hydrogen-bond donors (Lipinski definition) is 4. The fourth-order valence-electron chi connectivity index (χ4n) is 3.98. The normalized spacial score (nSPS) is 16.6. The summed E-state index contributed by atoms with van der Waals surface area (Å²) in [5.41, 5.74) is 7.24. The van der Waals surface area contributed by atoms with Gasteiger partial charge in [0, 0.05) is 60.4 Å². The molecule has 0 spiro atoms. The van der Waals surface area contributed by atoms with Crippen LogP contribution in [-0.4, -0.2) is 61.0 Å². The van der Waals surface area contributed by atoms with Gasteiger partial charge in [-0.05, 0) is 26.1 Å². The monoisotopic (exact) mass is 484 g/mol. The van der Waals surface area contributed by atoms with Crippen LogP contribution in [0, 0.1) is 0 Å². The zero-order valence-electron chi connectivity index (χ0n) is 18.8. The molecule has 5 rings (SSSR count). The summed E-state index contributed by atoms with van der Waals surface area (Å²) in [5, 5.41) is 6.67. The van der Waals surface area contributed by atoms with E-state index in [1.54, 1.807) is 12.4 Å². The van der Waals surface area contributed by atoms with Gasteiger partial charge in [-0.15, -0.1) is 0 Å².